The van der Waals surface area contributed by atoms with Crippen LogP contribution in [0.2, 0.25) is 0 Å². The Kier molecular flexibility index (Phi) is 6.01. The second-order valence-electron chi connectivity index (χ2n) is 6.24. The molecule has 124 valence electrons. The van der Waals surface area contributed by atoms with Gasteiger partial charge in [-0.2, -0.15) is 0 Å². The minimum absolute atomic E-state index is 0.136. The van der Waals surface area contributed by atoms with Crippen molar-refractivity contribution in [2.75, 3.05) is 32.7 Å². The monoisotopic (exact) mass is 323 g/mol. The molecule has 2 atom stereocenters. The van der Waals surface area contributed by atoms with Crippen LogP contribution < -0.4 is 5.32 Å². The molecule has 0 aliphatic carbocycles. The fourth-order valence-corrected chi connectivity index (χ4v) is 4.20. The van der Waals surface area contributed by atoms with Gasteiger partial charge in [0.05, 0.1) is 6.04 Å². The summed E-state index contributed by atoms with van der Waals surface area (Å²) in [5, 5.41) is 3.47. The van der Waals surface area contributed by atoms with Crippen molar-refractivity contribution in [2.24, 2.45) is 0 Å². The van der Waals surface area contributed by atoms with E-state index >= 15 is 0 Å². The molecule has 1 fully saturated rings. The molecule has 0 aromatic carbocycles. The Morgan fingerprint density at radius 1 is 1.27 bits per heavy atom. The molecule has 0 spiro atoms. The van der Waals surface area contributed by atoms with Crippen LogP contribution in [0.3, 0.4) is 0 Å². The van der Waals surface area contributed by atoms with Gasteiger partial charge >= 0.3 is 0 Å². The SMILES string of the molecule is CCN1CCN(C(=O)[C@@H](C)N[C@@H](C)c2cc(C)sc2C)CC1. The molecule has 0 bridgehead atoms. The summed E-state index contributed by atoms with van der Waals surface area (Å²) in [6.45, 7) is 15.4. The molecule has 1 saturated heterocycles. The second kappa shape index (κ2) is 7.57. The molecule has 2 heterocycles. The molecule has 1 N–H and O–H groups in total. The number of nitrogens with zero attached hydrogens (tertiary/aromatic N) is 2. The van der Waals surface area contributed by atoms with E-state index in [9.17, 15) is 4.79 Å². The van der Waals surface area contributed by atoms with Crippen molar-refractivity contribution in [1.29, 1.82) is 0 Å². The molecule has 1 aliphatic heterocycles. The molecular formula is C17H29N3OS. The number of thiophene rings is 1. The third-order valence-electron chi connectivity index (χ3n) is 4.55. The summed E-state index contributed by atoms with van der Waals surface area (Å²) in [5.41, 5.74) is 1.32. The number of aryl methyl sites for hydroxylation is 2. The topological polar surface area (TPSA) is 35.6 Å². The van der Waals surface area contributed by atoms with Gasteiger partial charge in [0.15, 0.2) is 0 Å². The van der Waals surface area contributed by atoms with E-state index in [0.717, 1.165) is 32.7 Å². The Hall–Kier alpha value is -0.910. The van der Waals surface area contributed by atoms with Crippen LogP contribution in [0, 0.1) is 13.8 Å². The number of amides is 1. The number of hydrogen-bond donors (Lipinski definition) is 1. The number of carbonyl (C=O) groups is 1. The highest BCUT2D eigenvalue weighted by atomic mass is 32.1. The Balaban J connectivity index is 1.90. The van der Waals surface area contributed by atoms with Crippen LogP contribution >= 0.6 is 11.3 Å². The maximum Gasteiger partial charge on any atom is 0.239 e. The summed E-state index contributed by atoms with van der Waals surface area (Å²) in [6.07, 6.45) is 0. The lowest BCUT2D eigenvalue weighted by Gasteiger charge is -2.36. The van der Waals surface area contributed by atoms with Gasteiger partial charge in [0.1, 0.15) is 0 Å². The fourth-order valence-electron chi connectivity index (χ4n) is 3.17. The molecular weight excluding hydrogens is 294 g/mol. The molecule has 1 aromatic rings. The maximum absolute atomic E-state index is 12.6. The van der Waals surface area contributed by atoms with Gasteiger partial charge in [0, 0.05) is 42.0 Å². The van der Waals surface area contributed by atoms with Crippen LogP contribution in [0.4, 0.5) is 0 Å². The summed E-state index contributed by atoms with van der Waals surface area (Å²) in [6, 6.07) is 2.30. The summed E-state index contributed by atoms with van der Waals surface area (Å²) < 4.78 is 0. The highest BCUT2D eigenvalue weighted by Gasteiger charge is 2.25. The lowest BCUT2D eigenvalue weighted by atomic mass is 10.1. The molecule has 2 rings (SSSR count). The molecule has 0 saturated carbocycles. The highest BCUT2D eigenvalue weighted by molar-refractivity contribution is 7.12. The standard InChI is InChI=1S/C17H29N3OS/c1-6-19-7-9-20(10-8-19)17(21)14(4)18-13(3)16-11-12(2)22-15(16)5/h11,13-14,18H,6-10H2,1-5H3/t13-,14+/m0/s1. The number of piperazine rings is 1. The molecule has 22 heavy (non-hydrogen) atoms. The van der Waals surface area contributed by atoms with E-state index in [-0.39, 0.29) is 18.0 Å². The molecule has 0 radical (unpaired) electrons. The second-order valence-corrected chi connectivity index (χ2v) is 7.70. The quantitative estimate of drug-likeness (QED) is 0.904. The van der Waals surface area contributed by atoms with Gasteiger partial charge in [0.2, 0.25) is 5.91 Å². The first-order valence-corrected chi connectivity index (χ1v) is 9.08. The minimum Gasteiger partial charge on any atom is -0.339 e. The van der Waals surface area contributed by atoms with E-state index in [1.54, 1.807) is 0 Å². The number of nitrogens with one attached hydrogen (secondary N) is 1. The van der Waals surface area contributed by atoms with Crippen molar-refractivity contribution in [3.8, 4) is 0 Å². The molecule has 5 heteroatoms. The molecule has 1 amide bonds. The zero-order valence-electron chi connectivity index (χ0n) is 14.5. The van der Waals surface area contributed by atoms with Gasteiger partial charge in [-0.3, -0.25) is 10.1 Å². The Labute approximate surface area is 138 Å². The zero-order chi connectivity index (χ0) is 16.3. The van der Waals surface area contributed by atoms with Crippen molar-refractivity contribution in [3.05, 3.63) is 21.4 Å². The molecule has 0 unspecified atom stereocenters. The lowest BCUT2D eigenvalue weighted by molar-refractivity contribution is -0.135. The number of carbonyl (C=O) groups excluding carboxylic acids is 1. The van der Waals surface area contributed by atoms with Gasteiger partial charge in [-0.05, 0) is 45.9 Å². The molecule has 1 aliphatic rings. The van der Waals surface area contributed by atoms with E-state index in [4.69, 9.17) is 0 Å². The normalized spacial score (nSPS) is 19.2. The molecule has 4 nitrogen and oxygen atoms in total. The van der Waals surface area contributed by atoms with Crippen LogP contribution in [0.5, 0.6) is 0 Å². The van der Waals surface area contributed by atoms with Gasteiger partial charge < -0.3 is 9.80 Å². The summed E-state index contributed by atoms with van der Waals surface area (Å²) in [7, 11) is 0. The summed E-state index contributed by atoms with van der Waals surface area (Å²) in [4.78, 5) is 19.7. The number of hydrogen-bond acceptors (Lipinski definition) is 4. The summed E-state index contributed by atoms with van der Waals surface area (Å²) in [5.74, 6) is 0.229. The maximum atomic E-state index is 12.6. The zero-order valence-corrected chi connectivity index (χ0v) is 15.3. The van der Waals surface area contributed by atoms with Crippen LogP contribution in [-0.2, 0) is 4.79 Å². The van der Waals surface area contributed by atoms with Crippen LogP contribution in [-0.4, -0.2) is 54.5 Å². The van der Waals surface area contributed by atoms with Crippen molar-refractivity contribution in [2.45, 2.75) is 46.7 Å². The van der Waals surface area contributed by atoms with Crippen LogP contribution in [0.25, 0.3) is 0 Å². The average molecular weight is 324 g/mol. The van der Waals surface area contributed by atoms with Crippen LogP contribution in [0.1, 0.15) is 42.1 Å². The van der Waals surface area contributed by atoms with E-state index < -0.39 is 0 Å². The predicted octanol–water partition coefficient (Wildman–Crippen LogP) is 2.57. The lowest BCUT2D eigenvalue weighted by Crippen LogP contribution is -2.53. The fraction of sp³-hybridized carbons (Fsp3) is 0.706. The predicted molar refractivity (Wildman–Crippen MR) is 93.5 cm³/mol. The average Bonchev–Trinajstić information content (AvgIpc) is 2.85. The first-order valence-electron chi connectivity index (χ1n) is 8.26. The first-order chi connectivity index (χ1) is 10.4. The Morgan fingerprint density at radius 3 is 2.41 bits per heavy atom. The van der Waals surface area contributed by atoms with E-state index in [2.05, 4.69) is 44.0 Å². The van der Waals surface area contributed by atoms with Gasteiger partial charge in [-0.15, -0.1) is 11.3 Å². The van der Waals surface area contributed by atoms with Gasteiger partial charge in [-0.1, -0.05) is 6.92 Å². The number of likely N-dealkylation sites (N-methyl/N-ethyl adjacent to an activating group) is 1. The van der Waals surface area contributed by atoms with E-state index in [0.29, 0.717) is 0 Å². The van der Waals surface area contributed by atoms with Gasteiger partial charge in [0.25, 0.3) is 0 Å². The summed E-state index contributed by atoms with van der Waals surface area (Å²) >= 11 is 1.82. The van der Waals surface area contributed by atoms with Crippen molar-refractivity contribution in [3.63, 3.8) is 0 Å². The minimum atomic E-state index is -0.136. The smallest absolute Gasteiger partial charge is 0.239 e. The van der Waals surface area contributed by atoms with E-state index in [1.807, 2.05) is 23.2 Å². The third-order valence-corrected chi connectivity index (χ3v) is 5.53. The van der Waals surface area contributed by atoms with Crippen molar-refractivity contribution < 1.29 is 4.79 Å². The first kappa shape index (κ1) is 17.4. The Bertz CT molecular complexity index is 506. The third kappa shape index (κ3) is 4.09. The number of rotatable bonds is 5. The highest BCUT2D eigenvalue weighted by Crippen LogP contribution is 2.26. The van der Waals surface area contributed by atoms with Gasteiger partial charge in [-0.25, -0.2) is 0 Å². The largest absolute Gasteiger partial charge is 0.339 e. The Morgan fingerprint density at radius 2 is 1.91 bits per heavy atom. The van der Waals surface area contributed by atoms with E-state index in [1.165, 1.54) is 15.3 Å². The molecule has 1 aromatic heterocycles. The van der Waals surface area contributed by atoms with Crippen LogP contribution in [0.15, 0.2) is 6.07 Å². The van der Waals surface area contributed by atoms with Crippen molar-refractivity contribution in [1.82, 2.24) is 15.1 Å². The van der Waals surface area contributed by atoms with Crippen molar-refractivity contribution >= 4 is 17.2 Å².